The molecule has 0 saturated heterocycles. The Labute approximate surface area is 170 Å². The van der Waals surface area contributed by atoms with E-state index in [2.05, 4.69) is 29.4 Å². The van der Waals surface area contributed by atoms with E-state index in [-0.39, 0.29) is 11.8 Å². The molecule has 28 heavy (non-hydrogen) atoms. The van der Waals surface area contributed by atoms with E-state index in [9.17, 15) is 5.11 Å². The van der Waals surface area contributed by atoms with Gasteiger partial charge in [-0.3, -0.25) is 0 Å². The minimum absolute atomic E-state index is 0.0304. The van der Waals surface area contributed by atoms with Gasteiger partial charge < -0.3 is 16.2 Å². The number of phenolic OH excluding ortho intramolecular Hbond substituents is 1. The highest BCUT2D eigenvalue weighted by Gasteiger charge is 2.16. The van der Waals surface area contributed by atoms with Crippen molar-refractivity contribution in [1.82, 2.24) is 9.97 Å². The molecule has 0 saturated carbocycles. The number of halogens is 1. The maximum atomic E-state index is 10.3. The minimum Gasteiger partial charge on any atom is -0.507 e. The van der Waals surface area contributed by atoms with Gasteiger partial charge in [0.2, 0.25) is 0 Å². The number of nitrogens with zero attached hydrogens (tertiary/aromatic N) is 2. The number of benzene rings is 2. The maximum absolute atomic E-state index is 10.3. The fourth-order valence-corrected chi connectivity index (χ4v) is 3.11. The van der Waals surface area contributed by atoms with Crippen LogP contribution in [0.1, 0.15) is 30.2 Å². The van der Waals surface area contributed by atoms with Crippen LogP contribution in [0.3, 0.4) is 0 Å². The number of hydrogen-bond donors (Lipinski definition) is 3. The third-order valence-corrected chi connectivity index (χ3v) is 4.93. The van der Waals surface area contributed by atoms with Gasteiger partial charge in [0, 0.05) is 35.3 Å². The molecule has 5 nitrogen and oxygen atoms in total. The first-order valence-electron chi connectivity index (χ1n) is 9.37. The molecule has 2 aromatic carbocycles. The first kappa shape index (κ1) is 20.1. The first-order valence-corrected chi connectivity index (χ1v) is 9.75. The Bertz CT molecular complexity index is 947. The molecule has 4 N–H and O–H groups in total. The Morgan fingerprint density at radius 3 is 2.61 bits per heavy atom. The molecular weight excluding hydrogens is 372 g/mol. The number of aromatic hydroxyl groups is 1. The summed E-state index contributed by atoms with van der Waals surface area (Å²) in [5.41, 5.74) is 9.63. The number of rotatable bonds is 7. The molecule has 0 aliphatic rings. The lowest BCUT2D eigenvalue weighted by Gasteiger charge is -2.17. The van der Waals surface area contributed by atoms with Gasteiger partial charge in [-0.2, -0.15) is 0 Å². The van der Waals surface area contributed by atoms with Crippen LogP contribution in [0.4, 0.5) is 5.82 Å². The second-order valence-corrected chi connectivity index (χ2v) is 7.27. The van der Waals surface area contributed by atoms with Crippen LogP contribution in [0.15, 0.2) is 48.5 Å². The van der Waals surface area contributed by atoms with E-state index in [4.69, 9.17) is 22.3 Å². The molecule has 0 spiro atoms. The molecule has 146 valence electrons. The van der Waals surface area contributed by atoms with Crippen molar-refractivity contribution >= 4 is 17.4 Å². The van der Waals surface area contributed by atoms with Crippen LogP contribution in [0.5, 0.6) is 5.75 Å². The van der Waals surface area contributed by atoms with E-state index in [1.54, 1.807) is 18.2 Å². The second-order valence-electron chi connectivity index (χ2n) is 6.83. The third kappa shape index (κ3) is 4.80. The molecule has 0 fully saturated rings. The average molecular weight is 397 g/mol. The smallest absolute Gasteiger partial charge is 0.165 e. The summed E-state index contributed by atoms with van der Waals surface area (Å²) in [6.45, 7) is 4.61. The predicted molar refractivity (Wildman–Crippen MR) is 115 cm³/mol. The van der Waals surface area contributed by atoms with E-state index in [0.717, 1.165) is 23.5 Å². The normalized spacial score (nSPS) is 12.0. The summed E-state index contributed by atoms with van der Waals surface area (Å²) in [6.07, 6.45) is 1.57. The monoisotopic (exact) mass is 396 g/mol. The second kappa shape index (κ2) is 9.04. The van der Waals surface area contributed by atoms with Gasteiger partial charge in [0.05, 0.1) is 5.56 Å². The van der Waals surface area contributed by atoms with Crippen molar-refractivity contribution in [2.45, 2.75) is 32.7 Å². The predicted octanol–water partition coefficient (Wildman–Crippen LogP) is 4.55. The molecular formula is C22H25ClN4O. The van der Waals surface area contributed by atoms with Crippen LogP contribution in [-0.2, 0) is 6.42 Å². The maximum Gasteiger partial charge on any atom is 0.165 e. The Morgan fingerprint density at radius 2 is 1.89 bits per heavy atom. The molecule has 3 rings (SSSR count). The topological polar surface area (TPSA) is 84.1 Å². The lowest BCUT2D eigenvalue weighted by molar-refractivity contribution is 0.477. The highest BCUT2D eigenvalue weighted by atomic mass is 35.5. The zero-order valence-corrected chi connectivity index (χ0v) is 16.9. The van der Waals surface area contributed by atoms with Gasteiger partial charge in [0.25, 0.3) is 0 Å². The zero-order valence-electron chi connectivity index (χ0n) is 16.1. The van der Waals surface area contributed by atoms with Crippen molar-refractivity contribution in [3.05, 3.63) is 70.4 Å². The Hall–Kier alpha value is -2.63. The molecule has 6 heteroatoms. The minimum atomic E-state index is 0.0304. The molecule has 1 atom stereocenters. The van der Waals surface area contributed by atoms with E-state index in [1.807, 2.05) is 25.1 Å². The standard InChI is InChI=1S/C22H25ClN4O/c1-3-17(24)13-25-21-18(11-15-7-5-4-6-8-15)14(2)26-22(27-21)19-12-16(23)9-10-20(19)28/h4-10,12,17,28H,3,11,13,24H2,1-2H3,(H,25,26,27)/t17-/m0/s1. The van der Waals surface area contributed by atoms with Crippen LogP contribution >= 0.6 is 11.6 Å². The van der Waals surface area contributed by atoms with E-state index >= 15 is 0 Å². The third-order valence-electron chi connectivity index (χ3n) is 4.69. The van der Waals surface area contributed by atoms with Gasteiger partial charge in [-0.15, -0.1) is 0 Å². The largest absolute Gasteiger partial charge is 0.507 e. The Kier molecular flexibility index (Phi) is 6.49. The van der Waals surface area contributed by atoms with Gasteiger partial charge >= 0.3 is 0 Å². The molecule has 0 amide bonds. The van der Waals surface area contributed by atoms with E-state index in [0.29, 0.717) is 29.4 Å². The molecule has 0 bridgehead atoms. The summed E-state index contributed by atoms with van der Waals surface area (Å²) < 4.78 is 0. The van der Waals surface area contributed by atoms with Crippen molar-refractivity contribution in [3.8, 4) is 17.1 Å². The number of aryl methyl sites for hydroxylation is 1. The van der Waals surface area contributed by atoms with Gasteiger partial charge in [-0.25, -0.2) is 9.97 Å². The van der Waals surface area contributed by atoms with Crippen LogP contribution in [0.25, 0.3) is 11.4 Å². The number of aromatic nitrogens is 2. The highest BCUT2D eigenvalue weighted by Crippen LogP contribution is 2.32. The first-order chi connectivity index (χ1) is 13.5. The summed E-state index contributed by atoms with van der Waals surface area (Å²) in [4.78, 5) is 9.36. The summed E-state index contributed by atoms with van der Waals surface area (Å²) >= 11 is 6.11. The fraction of sp³-hybridized carbons (Fsp3) is 0.273. The number of nitrogens with one attached hydrogen (secondary N) is 1. The molecule has 0 aliphatic carbocycles. The molecule has 3 aromatic rings. The Morgan fingerprint density at radius 1 is 1.14 bits per heavy atom. The number of hydrogen-bond acceptors (Lipinski definition) is 5. The van der Waals surface area contributed by atoms with Crippen molar-refractivity contribution in [2.24, 2.45) is 5.73 Å². The number of nitrogens with two attached hydrogens (primary N) is 1. The van der Waals surface area contributed by atoms with E-state index in [1.165, 1.54) is 5.56 Å². The van der Waals surface area contributed by atoms with Gasteiger partial charge in [0.15, 0.2) is 5.82 Å². The molecule has 0 radical (unpaired) electrons. The van der Waals surface area contributed by atoms with Crippen molar-refractivity contribution < 1.29 is 5.11 Å². The quantitative estimate of drug-likeness (QED) is 0.545. The van der Waals surface area contributed by atoms with Gasteiger partial charge in [-0.1, -0.05) is 48.9 Å². The Balaban J connectivity index is 2.04. The summed E-state index contributed by atoms with van der Waals surface area (Å²) in [5, 5.41) is 14.1. The van der Waals surface area contributed by atoms with E-state index < -0.39 is 0 Å². The molecule has 1 heterocycles. The summed E-state index contributed by atoms with van der Waals surface area (Å²) in [6, 6.07) is 15.1. The average Bonchev–Trinajstić information content (AvgIpc) is 2.70. The van der Waals surface area contributed by atoms with Gasteiger partial charge in [-0.05, 0) is 37.1 Å². The van der Waals surface area contributed by atoms with Crippen molar-refractivity contribution in [2.75, 3.05) is 11.9 Å². The van der Waals surface area contributed by atoms with Gasteiger partial charge in [0.1, 0.15) is 11.6 Å². The summed E-state index contributed by atoms with van der Waals surface area (Å²) in [7, 11) is 0. The zero-order chi connectivity index (χ0) is 20.1. The van der Waals surface area contributed by atoms with Crippen LogP contribution < -0.4 is 11.1 Å². The number of phenols is 1. The summed E-state index contributed by atoms with van der Waals surface area (Å²) in [5.74, 6) is 1.26. The highest BCUT2D eigenvalue weighted by molar-refractivity contribution is 6.30. The molecule has 0 unspecified atom stereocenters. The lowest BCUT2D eigenvalue weighted by atomic mass is 10.0. The molecule has 1 aromatic heterocycles. The van der Waals surface area contributed by atoms with Crippen molar-refractivity contribution in [3.63, 3.8) is 0 Å². The van der Waals surface area contributed by atoms with Crippen LogP contribution in [0, 0.1) is 6.92 Å². The molecule has 0 aliphatic heterocycles. The fourth-order valence-electron chi connectivity index (χ4n) is 2.93. The lowest BCUT2D eigenvalue weighted by Crippen LogP contribution is -2.29. The van der Waals surface area contributed by atoms with Crippen LogP contribution in [0.2, 0.25) is 5.02 Å². The van der Waals surface area contributed by atoms with Crippen LogP contribution in [-0.4, -0.2) is 27.7 Å². The number of anilines is 1. The SMILES string of the molecule is CC[C@H](N)CNc1nc(-c2cc(Cl)ccc2O)nc(C)c1Cc1ccccc1. The van der Waals surface area contributed by atoms with Crippen molar-refractivity contribution in [1.29, 1.82) is 0 Å².